The second-order valence-corrected chi connectivity index (χ2v) is 5.22. The van der Waals surface area contributed by atoms with Gasteiger partial charge in [0.05, 0.1) is 0 Å². The van der Waals surface area contributed by atoms with Crippen molar-refractivity contribution >= 4 is 11.8 Å². The highest BCUT2D eigenvalue weighted by atomic mass is 32.2. The van der Waals surface area contributed by atoms with Crippen LogP contribution in [0.3, 0.4) is 0 Å². The van der Waals surface area contributed by atoms with E-state index in [0.29, 0.717) is 0 Å². The van der Waals surface area contributed by atoms with Crippen LogP contribution in [0.4, 0.5) is 4.39 Å². The first-order valence-corrected chi connectivity index (χ1v) is 6.80. The van der Waals surface area contributed by atoms with E-state index in [-0.39, 0.29) is 11.9 Å². The maximum Gasteiger partial charge on any atom is 0.123 e. The van der Waals surface area contributed by atoms with Gasteiger partial charge in [0.25, 0.3) is 0 Å². The van der Waals surface area contributed by atoms with E-state index in [2.05, 4.69) is 19.1 Å². The minimum Gasteiger partial charge on any atom is -0.324 e. The Hall–Kier alpha value is -1.32. The SMILES string of the molecule is CC[C@H](N)c1ccccc1Sc1ccc(F)cc1. The summed E-state index contributed by atoms with van der Waals surface area (Å²) in [5, 5.41) is 0. The third-order valence-electron chi connectivity index (χ3n) is 2.80. The highest BCUT2D eigenvalue weighted by molar-refractivity contribution is 7.99. The summed E-state index contributed by atoms with van der Waals surface area (Å²) in [7, 11) is 0. The fourth-order valence-electron chi connectivity index (χ4n) is 1.73. The molecule has 2 N–H and O–H groups in total. The average molecular weight is 261 g/mol. The van der Waals surface area contributed by atoms with E-state index in [9.17, 15) is 4.39 Å². The van der Waals surface area contributed by atoms with Crippen molar-refractivity contribution in [3.05, 3.63) is 59.9 Å². The molecule has 0 saturated carbocycles. The van der Waals surface area contributed by atoms with Gasteiger partial charge in [0.2, 0.25) is 0 Å². The summed E-state index contributed by atoms with van der Waals surface area (Å²) in [6, 6.07) is 14.7. The first-order chi connectivity index (χ1) is 8.70. The predicted octanol–water partition coefficient (Wildman–Crippen LogP) is 4.39. The van der Waals surface area contributed by atoms with Crippen LogP contribution < -0.4 is 5.73 Å². The number of halogens is 1. The number of nitrogens with two attached hydrogens (primary N) is 1. The van der Waals surface area contributed by atoms with E-state index in [1.807, 2.05) is 12.1 Å². The van der Waals surface area contributed by atoms with Crippen LogP contribution in [0.5, 0.6) is 0 Å². The van der Waals surface area contributed by atoms with Crippen LogP contribution in [0.25, 0.3) is 0 Å². The minimum atomic E-state index is -0.210. The molecule has 1 nitrogen and oxygen atoms in total. The lowest BCUT2D eigenvalue weighted by molar-refractivity contribution is 0.626. The van der Waals surface area contributed by atoms with E-state index >= 15 is 0 Å². The maximum absolute atomic E-state index is 12.9. The summed E-state index contributed by atoms with van der Waals surface area (Å²) in [6.07, 6.45) is 0.904. The maximum atomic E-state index is 12.9. The summed E-state index contributed by atoms with van der Waals surface area (Å²) in [6.45, 7) is 2.07. The molecule has 2 rings (SSSR count). The zero-order valence-electron chi connectivity index (χ0n) is 10.3. The zero-order chi connectivity index (χ0) is 13.0. The summed E-state index contributed by atoms with van der Waals surface area (Å²) in [4.78, 5) is 2.16. The molecule has 2 aromatic carbocycles. The summed E-state index contributed by atoms with van der Waals surface area (Å²) < 4.78 is 12.9. The van der Waals surface area contributed by atoms with Gasteiger partial charge in [0, 0.05) is 15.8 Å². The number of hydrogen-bond acceptors (Lipinski definition) is 2. The van der Waals surface area contributed by atoms with Crippen molar-refractivity contribution in [1.29, 1.82) is 0 Å². The molecule has 0 aliphatic carbocycles. The molecule has 0 amide bonds. The Morgan fingerprint density at radius 3 is 2.44 bits per heavy atom. The molecule has 0 fully saturated rings. The highest BCUT2D eigenvalue weighted by Crippen LogP contribution is 2.33. The molecule has 0 aliphatic rings. The van der Waals surface area contributed by atoms with Crippen LogP contribution in [0.1, 0.15) is 24.9 Å². The Morgan fingerprint density at radius 1 is 1.11 bits per heavy atom. The smallest absolute Gasteiger partial charge is 0.123 e. The van der Waals surface area contributed by atoms with Crippen molar-refractivity contribution in [2.75, 3.05) is 0 Å². The molecule has 0 aliphatic heterocycles. The number of rotatable bonds is 4. The predicted molar refractivity (Wildman–Crippen MR) is 74.2 cm³/mol. The fraction of sp³-hybridized carbons (Fsp3) is 0.200. The molecule has 0 aromatic heterocycles. The monoisotopic (exact) mass is 261 g/mol. The third kappa shape index (κ3) is 3.12. The topological polar surface area (TPSA) is 26.0 Å². The lowest BCUT2D eigenvalue weighted by atomic mass is 10.1. The van der Waals surface area contributed by atoms with Crippen molar-refractivity contribution in [2.24, 2.45) is 5.73 Å². The van der Waals surface area contributed by atoms with Gasteiger partial charge < -0.3 is 5.73 Å². The molecule has 3 heteroatoms. The molecule has 1 atom stereocenters. The Bertz CT molecular complexity index is 510. The van der Waals surface area contributed by atoms with Crippen molar-refractivity contribution in [1.82, 2.24) is 0 Å². The summed E-state index contributed by atoms with van der Waals surface area (Å²) in [5.41, 5.74) is 7.25. The largest absolute Gasteiger partial charge is 0.324 e. The van der Waals surface area contributed by atoms with Gasteiger partial charge in [-0.05, 0) is 42.3 Å². The number of hydrogen-bond donors (Lipinski definition) is 1. The third-order valence-corrected chi connectivity index (χ3v) is 3.90. The molecule has 18 heavy (non-hydrogen) atoms. The van der Waals surface area contributed by atoms with Crippen molar-refractivity contribution in [3.8, 4) is 0 Å². The normalized spacial score (nSPS) is 12.4. The van der Waals surface area contributed by atoms with Gasteiger partial charge in [-0.2, -0.15) is 0 Å². The van der Waals surface area contributed by atoms with Crippen molar-refractivity contribution in [2.45, 2.75) is 29.2 Å². The lowest BCUT2D eigenvalue weighted by Gasteiger charge is -2.14. The molecule has 0 spiro atoms. The summed E-state index contributed by atoms with van der Waals surface area (Å²) >= 11 is 1.62. The molecule has 2 aromatic rings. The van der Waals surface area contributed by atoms with Crippen molar-refractivity contribution in [3.63, 3.8) is 0 Å². The lowest BCUT2D eigenvalue weighted by Crippen LogP contribution is -2.09. The summed E-state index contributed by atoms with van der Waals surface area (Å²) in [5.74, 6) is -0.210. The van der Waals surface area contributed by atoms with Crippen LogP contribution in [-0.2, 0) is 0 Å². The van der Waals surface area contributed by atoms with Gasteiger partial charge in [-0.15, -0.1) is 0 Å². The van der Waals surface area contributed by atoms with Gasteiger partial charge in [0.15, 0.2) is 0 Å². The van der Waals surface area contributed by atoms with Gasteiger partial charge in [-0.1, -0.05) is 36.9 Å². The van der Waals surface area contributed by atoms with Gasteiger partial charge in [-0.25, -0.2) is 4.39 Å². The first kappa shape index (κ1) is 13.1. The Labute approximate surface area is 111 Å². The molecule has 0 radical (unpaired) electrons. The van der Waals surface area contributed by atoms with Gasteiger partial charge in [-0.3, -0.25) is 0 Å². The first-order valence-electron chi connectivity index (χ1n) is 5.98. The molecule has 94 valence electrons. The number of benzene rings is 2. The molecule has 0 saturated heterocycles. The molecule has 0 heterocycles. The molecular weight excluding hydrogens is 245 g/mol. The van der Waals surface area contributed by atoms with Crippen LogP contribution in [0.15, 0.2) is 58.3 Å². The second kappa shape index (κ2) is 6.03. The van der Waals surface area contributed by atoms with E-state index in [0.717, 1.165) is 21.8 Å². The Balaban J connectivity index is 2.26. The quantitative estimate of drug-likeness (QED) is 0.883. The van der Waals surface area contributed by atoms with Crippen LogP contribution >= 0.6 is 11.8 Å². The molecular formula is C15H16FNS. The van der Waals surface area contributed by atoms with Gasteiger partial charge >= 0.3 is 0 Å². The fourth-order valence-corrected chi connectivity index (χ4v) is 2.74. The van der Waals surface area contributed by atoms with Crippen LogP contribution in [-0.4, -0.2) is 0 Å². The molecule has 0 bridgehead atoms. The van der Waals surface area contributed by atoms with Crippen LogP contribution in [0.2, 0.25) is 0 Å². The van der Waals surface area contributed by atoms with E-state index in [1.165, 1.54) is 12.1 Å². The molecule has 0 unspecified atom stereocenters. The highest BCUT2D eigenvalue weighted by Gasteiger charge is 2.09. The van der Waals surface area contributed by atoms with Gasteiger partial charge in [0.1, 0.15) is 5.82 Å². The standard InChI is InChI=1S/C15H16FNS/c1-2-14(17)13-5-3-4-6-15(13)18-12-9-7-11(16)8-10-12/h3-10,14H,2,17H2,1H3/t14-/m0/s1. The Kier molecular flexibility index (Phi) is 4.39. The van der Waals surface area contributed by atoms with E-state index in [1.54, 1.807) is 23.9 Å². The van der Waals surface area contributed by atoms with Crippen molar-refractivity contribution < 1.29 is 4.39 Å². The second-order valence-electron chi connectivity index (χ2n) is 4.11. The Morgan fingerprint density at radius 2 is 1.78 bits per heavy atom. The zero-order valence-corrected chi connectivity index (χ0v) is 11.1. The average Bonchev–Trinajstić information content (AvgIpc) is 2.41. The van der Waals surface area contributed by atoms with E-state index in [4.69, 9.17) is 5.73 Å². The van der Waals surface area contributed by atoms with Crippen LogP contribution in [0, 0.1) is 5.82 Å². The minimum absolute atomic E-state index is 0.0501. The van der Waals surface area contributed by atoms with E-state index < -0.39 is 0 Å².